The van der Waals surface area contributed by atoms with Gasteiger partial charge in [0.05, 0.1) is 24.7 Å². The summed E-state index contributed by atoms with van der Waals surface area (Å²) in [6.07, 6.45) is 1.08. The normalized spacial score (nSPS) is 23.3. The van der Waals surface area contributed by atoms with Crippen LogP contribution >= 0.6 is 11.3 Å². The molecule has 1 unspecified atom stereocenters. The van der Waals surface area contributed by atoms with Crippen molar-refractivity contribution in [1.29, 1.82) is 0 Å². The molecule has 1 aromatic rings. The van der Waals surface area contributed by atoms with E-state index >= 15 is 0 Å². The van der Waals surface area contributed by atoms with Crippen molar-refractivity contribution in [3.8, 4) is 0 Å². The minimum Gasteiger partial charge on any atom is -0.396 e. The smallest absolute Gasteiger partial charge is 0.150 e. The molecule has 4 nitrogen and oxygen atoms in total. The molecule has 0 amide bonds. The lowest BCUT2D eigenvalue weighted by Crippen LogP contribution is -2.40. The molecule has 6 heteroatoms. The van der Waals surface area contributed by atoms with Crippen molar-refractivity contribution < 1.29 is 18.6 Å². The standard InChI is InChI=1S/C12H18O4S2/c13-8-12(9-14,6-11-2-1-4-17-11)10-3-5-18(15,16)7-10/h1-2,4,10,13-14H,3,5-9H2. The molecule has 2 heterocycles. The molecule has 1 aliphatic heterocycles. The Balaban J connectivity index is 2.21. The van der Waals surface area contributed by atoms with Gasteiger partial charge in [-0.15, -0.1) is 11.3 Å². The minimum absolute atomic E-state index is 0.0828. The van der Waals surface area contributed by atoms with Crippen LogP contribution < -0.4 is 0 Å². The van der Waals surface area contributed by atoms with Crippen LogP contribution in [0.2, 0.25) is 0 Å². The van der Waals surface area contributed by atoms with Gasteiger partial charge in [-0.05, 0) is 30.2 Å². The summed E-state index contributed by atoms with van der Waals surface area (Å²) in [6, 6.07) is 3.87. The third-order valence-corrected chi connectivity index (χ3v) is 6.48. The molecule has 0 aliphatic carbocycles. The maximum Gasteiger partial charge on any atom is 0.150 e. The zero-order chi connectivity index (χ0) is 13.2. The van der Waals surface area contributed by atoms with Crippen LogP contribution in [0.25, 0.3) is 0 Å². The maximum atomic E-state index is 11.6. The average molecular weight is 290 g/mol. The summed E-state index contributed by atoms with van der Waals surface area (Å²) in [5.41, 5.74) is -0.714. The average Bonchev–Trinajstić information content (AvgIpc) is 2.95. The zero-order valence-corrected chi connectivity index (χ0v) is 11.7. The van der Waals surface area contributed by atoms with Crippen LogP contribution in [-0.4, -0.2) is 43.4 Å². The van der Waals surface area contributed by atoms with Gasteiger partial charge in [0.15, 0.2) is 9.84 Å². The van der Waals surface area contributed by atoms with Gasteiger partial charge in [-0.1, -0.05) is 6.07 Å². The van der Waals surface area contributed by atoms with Crippen LogP contribution in [0, 0.1) is 11.3 Å². The summed E-state index contributed by atoms with van der Waals surface area (Å²) in [4.78, 5) is 1.07. The molecule has 0 radical (unpaired) electrons. The largest absolute Gasteiger partial charge is 0.396 e. The molecule has 0 bridgehead atoms. The lowest BCUT2D eigenvalue weighted by Gasteiger charge is -2.35. The molecule has 102 valence electrons. The molecule has 2 N–H and O–H groups in total. The van der Waals surface area contributed by atoms with E-state index in [0.717, 1.165) is 4.88 Å². The summed E-state index contributed by atoms with van der Waals surface area (Å²) in [6.45, 7) is -0.358. The molecule has 2 rings (SSSR count). The lowest BCUT2D eigenvalue weighted by atomic mass is 9.73. The fraction of sp³-hybridized carbons (Fsp3) is 0.667. The number of aliphatic hydroxyl groups excluding tert-OH is 2. The minimum atomic E-state index is -3.00. The van der Waals surface area contributed by atoms with Crippen LogP contribution in [-0.2, 0) is 16.3 Å². The molecule has 1 aromatic heterocycles. The van der Waals surface area contributed by atoms with Gasteiger partial charge in [-0.25, -0.2) is 8.42 Å². The Kier molecular flexibility index (Phi) is 4.11. The van der Waals surface area contributed by atoms with Gasteiger partial charge in [-0.3, -0.25) is 0 Å². The van der Waals surface area contributed by atoms with E-state index in [4.69, 9.17) is 0 Å². The lowest BCUT2D eigenvalue weighted by molar-refractivity contribution is 0.0131. The van der Waals surface area contributed by atoms with Crippen LogP contribution in [0.5, 0.6) is 0 Å². The molecular formula is C12H18O4S2. The quantitative estimate of drug-likeness (QED) is 0.837. The number of thiophene rings is 1. The van der Waals surface area contributed by atoms with Crippen LogP contribution in [0.15, 0.2) is 17.5 Å². The fourth-order valence-corrected chi connectivity index (χ4v) is 5.41. The molecule has 1 atom stereocenters. The van der Waals surface area contributed by atoms with E-state index in [1.165, 1.54) is 0 Å². The van der Waals surface area contributed by atoms with E-state index < -0.39 is 15.3 Å². The van der Waals surface area contributed by atoms with E-state index in [9.17, 15) is 18.6 Å². The number of sulfone groups is 1. The van der Waals surface area contributed by atoms with Gasteiger partial charge < -0.3 is 10.2 Å². The van der Waals surface area contributed by atoms with Crippen molar-refractivity contribution in [2.75, 3.05) is 24.7 Å². The van der Waals surface area contributed by atoms with Crippen molar-refractivity contribution in [2.45, 2.75) is 12.8 Å². The molecule has 1 fully saturated rings. The topological polar surface area (TPSA) is 74.6 Å². The van der Waals surface area contributed by atoms with E-state index in [0.29, 0.717) is 12.8 Å². The molecule has 0 saturated carbocycles. The van der Waals surface area contributed by atoms with Crippen molar-refractivity contribution in [2.24, 2.45) is 11.3 Å². The monoisotopic (exact) mass is 290 g/mol. The highest BCUT2D eigenvalue weighted by Crippen LogP contribution is 2.39. The second kappa shape index (κ2) is 5.28. The van der Waals surface area contributed by atoms with Crippen molar-refractivity contribution >= 4 is 21.2 Å². The summed E-state index contributed by atoms with van der Waals surface area (Å²) >= 11 is 1.57. The fourth-order valence-electron chi connectivity index (χ4n) is 2.60. The van der Waals surface area contributed by atoms with Crippen molar-refractivity contribution in [3.63, 3.8) is 0 Å². The Morgan fingerprint density at radius 1 is 1.39 bits per heavy atom. The number of aliphatic hydroxyl groups is 2. The maximum absolute atomic E-state index is 11.6. The Hall–Kier alpha value is -0.430. The van der Waals surface area contributed by atoms with Crippen LogP contribution in [0.1, 0.15) is 11.3 Å². The number of rotatable bonds is 5. The van der Waals surface area contributed by atoms with E-state index in [2.05, 4.69) is 0 Å². The molecule has 18 heavy (non-hydrogen) atoms. The highest BCUT2D eigenvalue weighted by molar-refractivity contribution is 7.91. The summed E-state index contributed by atoms with van der Waals surface area (Å²) in [5, 5.41) is 21.3. The third kappa shape index (κ3) is 2.77. The van der Waals surface area contributed by atoms with Crippen molar-refractivity contribution in [1.82, 2.24) is 0 Å². The predicted molar refractivity (Wildman–Crippen MR) is 71.4 cm³/mol. The first-order valence-electron chi connectivity index (χ1n) is 5.96. The molecule has 1 aliphatic rings. The highest BCUT2D eigenvalue weighted by atomic mass is 32.2. The van der Waals surface area contributed by atoms with Crippen LogP contribution in [0.4, 0.5) is 0 Å². The summed E-state index contributed by atoms with van der Waals surface area (Å²) < 4.78 is 23.1. The Labute approximate surface area is 111 Å². The Morgan fingerprint density at radius 3 is 2.56 bits per heavy atom. The van der Waals surface area contributed by atoms with Gasteiger partial charge in [0, 0.05) is 10.3 Å². The first-order chi connectivity index (χ1) is 8.51. The first kappa shape index (κ1) is 14.0. The Morgan fingerprint density at radius 2 is 2.11 bits per heavy atom. The van der Waals surface area contributed by atoms with E-state index in [1.807, 2.05) is 17.5 Å². The van der Waals surface area contributed by atoms with Crippen LogP contribution in [0.3, 0.4) is 0 Å². The summed E-state index contributed by atoms with van der Waals surface area (Å²) in [5.74, 6) is 0.100. The van der Waals surface area contributed by atoms with Gasteiger partial charge in [-0.2, -0.15) is 0 Å². The third-order valence-electron chi connectivity index (χ3n) is 3.83. The van der Waals surface area contributed by atoms with Gasteiger partial charge in [0.25, 0.3) is 0 Å². The SMILES string of the molecule is O=S1(=O)CCC(C(CO)(CO)Cc2cccs2)C1. The Bertz CT molecular complexity index is 474. The van der Waals surface area contributed by atoms with Crippen molar-refractivity contribution in [3.05, 3.63) is 22.4 Å². The second-order valence-electron chi connectivity index (χ2n) is 5.03. The zero-order valence-electron chi connectivity index (χ0n) is 10.1. The molecule has 0 spiro atoms. The van der Waals surface area contributed by atoms with E-state index in [-0.39, 0.29) is 30.6 Å². The summed E-state index contributed by atoms with van der Waals surface area (Å²) in [7, 11) is -3.00. The van der Waals surface area contributed by atoms with Gasteiger partial charge >= 0.3 is 0 Å². The van der Waals surface area contributed by atoms with Gasteiger partial charge in [0.1, 0.15) is 0 Å². The highest BCUT2D eigenvalue weighted by Gasteiger charge is 2.44. The van der Waals surface area contributed by atoms with E-state index in [1.54, 1.807) is 11.3 Å². The number of hydrogen-bond acceptors (Lipinski definition) is 5. The second-order valence-corrected chi connectivity index (χ2v) is 8.30. The first-order valence-corrected chi connectivity index (χ1v) is 8.66. The molecular weight excluding hydrogens is 272 g/mol. The molecule has 0 aromatic carbocycles. The predicted octanol–water partition coefficient (Wildman–Crippen LogP) is 0.696. The van der Waals surface area contributed by atoms with Gasteiger partial charge in [0.2, 0.25) is 0 Å². The molecule has 1 saturated heterocycles. The number of hydrogen-bond donors (Lipinski definition) is 2.